The number of nitrogens with zero attached hydrogens (tertiary/aromatic N) is 4. The molecule has 0 radical (unpaired) electrons. The Morgan fingerprint density at radius 2 is 1.54 bits per heavy atom. The first kappa shape index (κ1) is 24.5. The van der Waals surface area contributed by atoms with Gasteiger partial charge in [-0.2, -0.15) is 13.2 Å². The third-order valence-corrected chi connectivity index (χ3v) is 6.14. The summed E-state index contributed by atoms with van der Waals surface area (Å²) in [5.74, 6) is 1.59. The van der Waals surface area contributed by atoms with Gasteiger partial charge in [0.15, 0.2) is 0 Å². The normalized spacial score (nSPS) is 14.2. The van der Waals surface area contributed by atoms with Crippen LogP contribution in [0.4, 0.5) is 29.5 Å². The van der Waals surface area contributed by atoms with Gasteiger partial charge in [0.05, 0.1) is 5.56 Å². The number of alkyl halides is 3. The molecule has 1 aliphatic rings. The second-order valence-corrected chi connectivity index (χ2v) is 8.80. The highest BCUT2D eigenvalue weighted by atomic mass is 19.4. The second kappa shape index (κ2) is 9.93. The van der Waals surface area contributed by atoms with Crippen LogP contribution in [0.25, 0.3) is 0 Å². The minimum Gasteiger partial charge on any atom is -0.353 e. The van der Waals surface area contributed by atoms with Crippen molar-refractivity contribution < 1.29 is 18.0 Å². The summed E-state index contributed by atoms with van der Waals surface area (Å²) in [5, 5.41) is 2.69. The Hall–Kier alpha value is -3.62. The molecule has 2 amide bonds. The van der Waals surface area contributed by atoms with E-state index in [0.29, 0.717) is 37.7 Å². The van der Waals surface area contributed by atoms with E-state index < -0.39 is 11.7 Å². The fourth-order valence-corrected chi connectivity index (χ4v) is 4.16. The van der Waals surface area contributed by atoms with Crippen molar-refractivity contribution in [2.24, 2.45) is 0 Å². The molecule has 1 fully saturated rings. The van der Waals surface area contributed by atoms with Crippen LogP contribution >= 0.6 is 0 Å². The van der Waals surface area contributed by atoms with Gasteiger partial charge in [0.2, 0.25) is 0 Å². The average molecular weight is 484 g/mol. The lowest BCUT2D eigenvalue weighted by Crippen LogP contribution is -2.50. The van der Waals surface area contributed by atoms with E-state index in [0.717, 1.165) is 35.6 Å². The molecule has 6 nitrogen and oxygen atoms in total. The van der Waals surface area contributed by atoms with E-state index in [4.69, 9.17) is 4.98 Å². The Morgan fingerprint density at radius 1 is 0.914 bits per heavy atom. The van der Waals surface area contributed by atoms with Gasteiger partial charge in [-0.1, -0.05) is 29.8 Å². The van der Waals surface area contributed by atoms with Crippen molar-refractivity contribution in [2.45, 2.75) is 33.4 Å². The molecule has 0 atom stereocenters. The topological polar surface area (TPSA) is 61.4 Å². The number of anilines is 2. The van der Waals surface area contributed by atoms with Crippen LogP contribution in [-0.2, 0) is 12.6 Å². The Bertz CT molecular complexity index is 1190. The van der Waals surface area contributed by atoms with Crippen LogP contribution in [0.1, 0.15) is 33.8 Å². The maximum Gasteiger partial charge on any atom is 0.416 e. The van der Waals surface area contributed by atoms with Gasteiger partial charge in [0, 0.05) is 49.5 Å². The summed E-state index contributed by atoms with van der Waals surface area (Å²) in [6.45, 7) is 8.06. The molecule has 2 aromatic carbocycles. The maximum atomic E-state index is 12.8. The minimum absolute atomic E-state index is 0.327. The number of aryl methyl sites for hydroxylation is 3. The molecule has 35 heavy (non-hydrogen) atoms. The molecule has 1 N–H and O–H groups in total. The van der Waals surface area contributed by atoms with Crippen LogP contribution < -0.4 is 10.2 Å². The molecule has 0 unspecified atom stereocenters. The maximum absolute atomic E-state index is 12.8. The average Bonchev–Trinajstić information content (AvgIpc) is 2.82. The second-order valence-electron chi connectivity index (χ2n) is 8.80. The predicted octanol–water partition coefficient (Wildman–Crippen LogP) is 5.37. The van der Waals surface area contributed by atoms with Crippen LogP contribution in [0.3, 0.4) is 0 Å². The van der Waals surface area contributed by atoms with Crippen molar-refractivity contribution in [3.05, 3.63) is 82.3 Å². The van der Waals surface area contributed by atoms with Crippen LogP contribution in [-0.4, -0.2) is 47.1 Å². The Balaban J connectivity index is 1.42. The van der Waals surface area contributed by atoms with Crippen molar-refractivity contribution in [1.29, 1.82) is 0 Å². The first-order valence-electron chi connectivity index (χ1n) is 11.5. The van der Waals surface area contributed by atoms with Gasteiger partial charge in [0.25, 0.3) is 0 Å². The Morgan fingerprint density at radius 3 is 2.14 bits per heavy atom. The van der Waals surface area contributed by atoms with E-state index in [1.165, 1.54) is 23.3 Å². The SMILES string of the molecule is Cc1ccc(Cc2c(C)nc(C)nc2N2CCN(C(=O)Nc3ccc(C(F)(F)F)cc3)CC2)cc1. The van der Waals surface area contributed by atoms with Crippen molar-refractivity contribution in [3.63, 3.8) is 0 Å². The number of halogens is 3. The third kappa shape index (κ3) is 5.90. The number of hydrogen-bond acceptors (Lipinski definition) is 4. The number of hydrogen-bond donors (Lipinski definition) is 1. The summed E-state index contributed by atoms with van der Waals surface area (Å²) < 4.78 is 38.3. The lowest BCUT2D eigenvalue weighted by atomic mass is 10.0. The van der Waals surface area contributed by atoms with Gasteiger partial charge < -0.3 is 15.1 Å². The van der Waals surface area contributed by atoms with Gasteiger partial charge in [0.1, 0.15) is 11.6 Å². The fraction of sp³-hybridized carbons (Fsp3) is 0.346. The molecule has 3 aromatic rings. The number of aromatic nitrogens is 2. The summed E-state index contributed by atoms with van der Waals surface area (Å²) in [6.07, 6.45) is -3.69. The standard InChI is InChI=1S/C26H28F3N5O/c1-17-4-6-20(7-5-17)16-23-18(2)30-19(3)31-24(23)33-12-14-34(15-13-33)25(35)32-22-10-8-21(9-11-22)26(27,28)29/h4-11H,12-16H2,1-3H3,(H,32,35). The van der Waals surface area contributed by atoms with Gasteiger partial charge in [-0.15, -0.1) is 0 Å². The summed E-state index contributed by atoms with van der Waals surface area (Å²) in [6, 6.07) is 12.5. The molecule has 0 aliphatic carbocycles. The molecule has 0 spiro atoms. The van der Waals surface area contributed by atoms with Crippen LogP contribution in [0.15, 0.2) is 48.5 Å². The molecule has 0 saturated carbocycles. The third-order valence-electron chi connectivity index (χ3n) is 6.14. The zero-order valence-corrected chi connectivity index (χ0v) is 20.0. The van der Waals surface area contributed by atoms with E-state index in [-0.39, 0.29) is 6.03 Å². The zero-order valence-electron chi connectivity index (χ0n) is 20.0. The van der Waals surface area contributed by atoms with Crippen molar-refractivity contribution in [2.75, 3.05) is 36.4 Å². The van der Waals surface area contributed by atoms with Gasteiger partial charge in [-0.25, -0.2) is 14.8 Å². The van der Waals surface area contributed by atoms with E-state index in [2.05, 4.69) is 46.4 Å². The Labute approximate surface area is 202 Å². The molecule has 1 aromatic heterocycles. The van der Waals surface area contributed by atoms with Gasteiger partial charge in [-0.3, -0.25) is 0 Å². The fourth-order valence-electron chi connectivity index (χ4n) is 4.16. The molecule has 2 heterocycles. The zero-order chi connectivity index (χ0) is 25.2. The van der Waals surface area contributed by atoms with Crippen LogP contribution in [0.2, 0.25) is 0 Å². The number of carbonyl (C=O) groups is 1. The highest BCUT2D eigenvalue weighted by Gasteiger charge is 2.30. The minimum atomic E-state index is -4.41. The molecule has 1 saturated heterocycles. The molecular weight excluding hydrogens is 455 g/mol. The van der Waals surface area contributed by atoms with Gasteiger partial charge in [-0.05, 0) is 50.6 Å². The number of urea groups is 1. The lowest BCUT2D eigenvalue weighted by Gasteiger charge is -2.36. The highest BCUT2D eigenvalue weighted by Crippen LogP contribution is 2.30. The first-order chi connectivity index (χ1) is 16.6. The predicted molar refractivity (Wildman–Crippen MR) is 130 cm³/mol. The van der Waals surface area contributed by atoms with Gasteiger partial charge >= 0.3 is 12.2 Å². The quantitative estimate of drug-likeness (QED) is 0.542. The Kier molecular flexibility index (Phi) is 6.95. The molecule has 1 aliphatic heterocycles. The van der Waals surface area contributed by atoms with Crippen LogP contribution in [0, 0.1) is 20.8 Å². The number of benzene rings is 2. The summed E-state index contributed by atoms with van der Waals surface area (Å²) in [4.78, 5) is 25.8. The lowest BCUT2D eigenvalue weighted by molar-refractivity contribution is -0.137. The number of carbonyl (C=O) groups excluding carboxylic acids is 1. The van der Waals surface area contributed by atoms with E-state index >= 15 is 0 Å². The number of nitrogens with one attached hydrogen (secondary N) is 1. The molecule has 0 bridgehead atoms. The first-order valence-corrected chi connectivity index (χ1v) is 11.5. The number of amides is 2. The summed E-state index contributed by atoms with van der Waals surface area (Å²) in [5.41, 5.74) is 3.98. The molecule has 184 valence electrons. The monoisotopic (exact) mass is 483 g/mol. The van der Waals surface area contributed by atoms with E-state index in [1.807, 2.05) is 13.8 Å². The van der Waals surface area contributed by atoms with Crippen LogP contribution in [0.5, 0.6) is 0 Å². The van der Waals surface area contributed by atoms with Crippen molar-refractivity contribution >= 4 is 17.5 Å². The number of rotatable bonds is 4. The summed E-state index contributed by atoms with van der Waals surface area (Å²) in [7, 11) is 0. The van der Waals surface area contributed by atoms with Crippen molar-refractivity contribution in [1.82, 2.24) is 14.9 Å². The molecular formula is C26H28F3N5O. The van der Waals surface area contributed by atoms with E-state index in [1.54, 1.807) is 4.90 Å². The molecule has 4 rings (SSSR count). The largest absolute Gasteiger partial charge is 0.416 e. The smallest absolute Gasteiger partial charge is 0.353 e. The summed E-state index contributed by atoms with van der Waals surface area (Å²) >= 11 is 0. The van der Waals surface area contributed by atoms with E-state index in [9.17, 15) is 18.0 Å². The highest BCUT2D eigenvalue weighted by molar-refractivity contribution is 5.89. The van der Waals surface area contributed by atoms with Crippen molar-refractivity contribution in [3.8, 4) is 0 Å². The number of piperazine rings is 1. The molecule has 9 heteroatoms.